The number of halogens is 3. The zero-order valence-corrected chi connectivity index (χ0v) is 25.5. The van der Waals surface area contributed by atoms with Gasteiger partial charge in [-0.3, -0.25) is 9.36 Å². The van der Waals surface area contributed by atoms with Crippen molar-refractivity contribution in [3.05, 3.63) is 129 Å². The third kappa shape index (κ3) is 6.14. The molecule has 4 aromatic rings. The van der Waals surface area contributed by atoms with Gasteiger partial charge >= 0.3 is 5.97 Å². The summed E-state index contributed by atoms with van der Waals surface area (Å²) < 4.78 is 13.2. The Morgan fingerprint density at radius 3 is 2.32 bits per heavy atom. The number of carbonyl (C=O) groups is 1. The maximum absolute atomic E-state index is 13.8. The molecule has 1 aliphatic rings. The molecule has 1 atom stereocenters. The summed E-state index contributed by atoms with van der Waals surface area (Å²) in [5, 5.41) is 1.25. The molecule has 0 spiro atoms. The van der Waals surface area contributed by atoms with E-state index in [-0.39, 0.29) is 18.8 Å². The van der Waals surface area contributed by atoms with Gasteiger partial charge in [-0.05, 0) is 67.8 Å². The summed E-state index contributed by atoms with van der Waals surface area (Å²) in [6.07, 6.45) is 1.71. The van der Waals surface area contributed by atoms with E-state index in [0.29, 0.717) is 47.0 Å². The quantitative estimate of drug-likeness (QED) is 0.215. The average molecular weight is 628 g/mol. The first-order chi connectivity index (χ1) is 19.7. The van der Waals surface area contributed by atoms with E-state index in [4.69, 9.17) is 44.3 Å². The molecule has 1 aromatic heterocycles. The first kappa shape index (κ1) is 29.1. The number of hydrogen-bond donors (Lipinski definition) is 0. The van der Waals surface area contributed by atoms with Crippen molar-refractivity contribution < 1.29 is 14.3 Å². The second-order valence-corrected chi connectivity index (χ2v) is 11.7. The number of thiazole rings is 1. The summed E-state index contributed by atoms with van der Waals surface area (Å²) in [7, 11) is 0. The van der Waals surface area contributed by atoms with E-state index >= 15 is 0 Å². The number of aromatic nitrogens is 1. The molecule has 1 aliphatic heterocycles. The molecule has 5 rings (SSSR count). The highest BCUT2D eigenvalue weighted by Crippen LogP contribution is 2.35. The number of carbonyl (C=O) groups excluding carboxylic acids is 1. The molecule has 0 radical (unpaired) electrons. The Balaban J connectivity index is 1.54. The SMILES string of the molecule is CCOC(=O)C1=C(C)N=c2s/c(=C/c3cc(Cl)c(OCc4ccc(Cl)cc4)c(Cl)c3)c(=O)n2[C@@H]1c1ccc(C)cc1. The number of fused-ring (bicyclic) bond motifs is 1. The lowest BCUT2D eigenvalue weighted by Gasteiger charge is -2.24. The summed E-state index contributed by atoms with van der Waals surface area (Å²) in [5.41, 5.74) is 3.94. The standard InChI is InChI=1S/C31H25Cl3N2O4S/c1-4-39-30(38)26-18(3)35-31-36(27(26)21-9-5-17(2)6-10-21)29(37)25(41-31)15-20-13-23(33)28(24(34)14-20)40-16-19-7-11-22(32)12-8-19/h5-15,27H,4,16H2,1-3H3/b25-15+/t27-/m1/s1. The van der Waals surface area contributed by atoms with Gasteiger partial charge in [0.15, 0.2) is 10.6 Å². The van der Waals surface area contributed by atoms with Crippen LogP contribution in [0.4, 0.5) is 0 Å². The summed E-state index contributed by atoms with van der Waals surface area (Å²) in [6.45, 7) is 5.95. The van der Waals surface area contributed by atoms with Crippen molar-refractivity contribution in [1.82, 2.24) is 4.57 Å². The smallest absolute Gasteiger partial charge is 0.338 e. The molecule has 0 aliphatic carbocycles. The van der Waals surface area contributed by atoms with Gasteiger partial charge in [-0.25, -0.2) is 9.79 Å². The molecule has 10 heteroatoms. The van der Waals surface area contributed by atoms with Gasteiger partial charge in [0.05, 0.1) is 38.5 Å². The van der Waals surface area contributed by atoms with E-state index in [9.17, 15) is 9.59 Å². The summed E-state index contributed by atoms with van der Waals surface area (Å²) >= 11 is 20.3. The molecule has 0 unspecified atom stereocenters. The first-order valence-electron chi connectivity index (χ1n) is 12.8. The van der Waals surface area contributed by atoms with Crippen molar-refractivity contribution in [3.63, 3.8) is 0 Å². The van der Waals surface area contributed by atoms with Crippen molar-refractivity contribution in [3.8, 4) is 5.75 Å². The monoisotopic (exact) mass is 626 g/mol. The highest BCUT2D eigenvalue weighted by atomic mass is 35.5. The zero-order valence-electron chi connectivity index (χ0n) is 22.4. The Morgan fingerprint density at radius 2 is 1.68 bits per heavy atom. The molecule has 0 bridgehead atoms. The maximum Gasteiger partial charge on any atom is 0.338 e. The van der Waals surface area contributed by atoms with Crippen LogP contribution in [0.5, 0.6) is 5.75 Å². The molecule has 0 saturated heterocycles. The fourth-order valence-corrected chi connectivity index (χ4v) is 6.33. The third-order valence-corrected chi connectivity index (χ3v) is 8.32. The first-order valence-corrected chi connectivity index (χ1v) is 14.7. The number of esters is 1. The van der Waals surface area contributed by atoms with Crippen molar-refractivity contribution >= 4 is 58.2 Å². The van der Waals surface area contributed by atoms with Gasteiger partial charge in [0.2, 0.25) is 0 Å². The normalized spacial score (nSPS) is 15.0. The van der Waals surface area contributed by atoms with Gasteiger partial charge in [-0.2, -0.15) is 0 Å². The van der Waals surface area contributed by atoms with Crippen LogP contribution < -0.4 is 19.6 Å². The van der Waals surface area contributed by atoms with Crippen LogP contribution in [0, 0.1) is 6.92 Å². The van der Waals surface area contributed by atoms with Crippen LogP contribution in [0.3, 0.4) is 0 Å². The minimum atomic E-state index is -0.677. The number of hydrogen-bond acceptors (Lipinski definition) is 6. The van der Waals surface area contributed by atoms with Gasteiger partial charge in [-0.15, -0.1) is 0 Å². The molecule has 6 nitrogen and oxygen atoms in total. The highest BCUT2D eigenvalue weighted by Gasteiger charge is 2.33. The van der Waals surface area contributed by atoms with Gasteiger partial charge in [0, 0.05) is 5.02 Å². The molecule has 0 amide bonds. The zero-order chi connectivity index (χ0) is 29.3. The average Bonchev–Trinajstić information content (AvgIpc) is 3.23. The summed E-state index contributed by atoms with van der Waals surface area (Å²) in [6, 6.07) is 17.7. The van der Waals surface area contributed by atoms with Crippen LogP contribution in [-0.4, -0.2) is 17.1 Å². The molecule has 41 heavy (non-hydrogen) atoms. The molecule has 0 N–H and O–H groups in total. The van der Waals surface area contributed by atoms with Crippen molar-refractivity contribution in [2.75, 3.05) is 6.61 Å². The van der Waals surface area contributed by atoms with Gasteiger partial charge in [0.25, 0.3) is 5.56 Å². The van der Waals surface area contributed by atoms with Crippen molar-refractivity contribution in [1.29, 1.82) is 0 Å². The summed E-state index contributed by atoms with van der Waals surface area (Å²) in [5.74, 6) is -0.155. The van der Waals surface area contributed by atoms with Gasteiger partial charge < -0.3 is 9.47 Å². The lowest BCUT2D eigenvalue weighted by atomic mass is 9.95. The fourth-order valence-electron chi connectivity index (χ4n) is 4.54. The number of aryl methyl sites for hydroxylation is 1. The topological polar surface area (TPSA) is 69.9 Å². The van der Waals surface area contributed by atoms with E-state index in [1.54, 1.807) is 48.8 Å². The number of allylic oxidation sites excluding steroid dienone is 1. The lowest BCUT2D eigenvalue weighted by Crippen LogP contribution is -2.39. The van der Waals surface area contributed by atoms with E-state index in [0.717, 1.165) is 16.7 Å². The molecule has 0 saturated carbocycles. The van der Waals surface area contributed by atoms with E-state index in [1.165, 1.54) is 11.3 Å². The van der Waals surface area contributed by atoms with E-state index < -0.39 is 12.0 Å². The number of nitrogens with zero attached hydrogens (tertiary/aromatic N) is 2. The Kier molecular flexibility index (Phi) is 8.71. The molecule has 2 heterocycles. The van der Waals surface area contributed by atoms with Crippen LogP contribution in [0.25, 0.3) is 6.08 Å². The molecule has 3 aromatic carbocycles. The Bertz CT molecular complexity index is 1820. The minimum absolute atomic E-state index is 0.210. The highest BCUT2D eigenvalue weighted by molar-refractivity contribution is 7.07. The van der Waals surface area contributed by atoms with Crippen molar-refractivity contribution in [2.45, 2.75) is 33.4 Å². The molecule has 210 valence electrons. The van der Waals surface area contributed by atoms with Crippen LogP contribution in [-0.2, 0) is 16.1 Å². The predicted octanol–water partition coefficient (Wildman–Crippen LogP) is 6.65. The van der Waals surface area contributed by atoms with E-state index in [1.807, 2.05) is 43.3 Å². The Labute approximate surface area is 255 Å². The minimum Gasteiger partial charge on any atom is -0.486 e. The fraction of sp³-hybridized carbons (Fsp3) is 0.194. The number of ether oxygens (including phenoxy) is 2. The number of benzene rings is 3. The van der Waals surface area contributed by atoms with Crippen LogP contribution in [0.15, 0.2) is 81.7 Å². The van der Waals surface area contributed by atoms with Crippen LogP contribution in [0.1, 0.15) is 42.1 Å². The third-order valence-electron chi connectivity index (χ3n) is 6.52. The van der Waals surface area contributed by atoms with Crippen molar-refractivity contribution in [2.24, 2.45) is 4.99 Å². The molecular formula is C31H25Cl3N2O4S. The van der Waals surface area contributed by atoms with Gasteiger partial charge in [-0.1, -0.05) is 88.1 Å². The molecule has 0 fully saturated rings. The predicted molar refractivity (Wildman–Crippen MR) is 164 cm³/mol. The molecular weight excluding hydrogens is 603 g/mol. The van der Waals surface area contributed by atoms with E-state index in [2.05, 4.69) is 4.99 Å². The van der Waals surface area contributed by atoms with Crippen LogP contribution >= 0.6 is 46.1 Å². The lowest BCUT2D eigenvalue weighted by molar-refractivity contribution is -0.139. The summed E-state index contributed by atoms with van der Waals surface area (Å²) in [4.78, 5) is 32.0. The second kappa shape index (κ2) is 12.2. The second-order valence-electron chi connectivity index (χ2n) is 9.44. The largest absolute Gasteiger partial charge is 0.486 e. The Morgan fingerprint density at radius 1 is 1.02 bits per heavy atom. The van der Waals surface area contributed by atoms with Gasteiger partial charge in [0.1, 0.15) is 6.61 Å². The van der Waals surface area contributed by atoms with Crippen LogP contribution in [0.2, 0.25) is 15.1 Å². The maximum atomic E-state index is 13.8. The Hall–Kier alpha value is -3.36. The number of rotatable bonds is 7.